The molecule has 0 fully saturated rings. The molecular formula is C8H5IN2O3S2. The third-order valence-corrected chi connectivity index (χ3v) is 4.44. The van der Waals surface area contributed by atoms with Crippen molar-refractivity contribution in [2.45, 2.75) is 4.21 Å². The third-order valence-electron chi connectivity index (χ3n) is 1.43. The lowest BCUT2D eigenvalue weighted by Crippen LogP contribution is -1.99. The highest BCUT2D eigenvalue weighted by atomic mass is 127. The van der Waals surface area contributed by atoms with E-state index in [1.165, 1.54) is 0 Å². The van der Waals surface area contributed by atoms with Gasteiger partial charge in [-0.1, -0.05) is 5.92 Å². The first-order valence-electron chi connectivity index (χ1n) is 3.81. The summed E-state index contributed by atoms with van der Waals surface area (Å²) in [5.41, 5.74) is -0.0530. The van der Waals surface area contributed by atoms with Crippen LogP contribution in [0.4, 0.5) is 0 Å². The minimum absolute atomic E-state index is 0.0204. The van der Waals surface area contributed by atoms with Crippen molar-refractivity contribution >= 4 is 44.0 Å². The summed E-state index contributed by atoms with van der Waals surface area (Å²) in [5.74, 6) is 2.64. The number of hydrogen-bond acceptors (Lipinski definition) is 6. The van der Waals surface area contributed by atoms with Gasteiger partial charge in [-0.05, 0) is 15.5 Å². The SMILES string of the molecule is CS(=O)(=O)c1snc(OCC#CI)c1C#N. The van der Waals surface area contributed by atoms with E-state index in [0.29, 0.717) is 0 Å². The van der Waals surface area contributed by atoms with Crippen LogP contribution in [0, 0.1) is 21.2 Å². The van der Waals surface area contributed by atoms with Gasteiger partial charge in [-0.3, -0.25) is 0 Å². The van der Waals surface area contributed by atoms with Gasteiger partial charge in [0.15, 0.2) is 20.7 Å². The first-order chi connectivity index (χ1) is 7.50. The molecule has 5 nitrogen and oxygen atoms in total. The molecule has 1 aromatic heterocycles. The van der Waals surface area contributed by atoms with Gasteiger partial charge in [-0.2, -0.15) is 9.64 Å². The van der Waals surface area contributed by atoms with E-state index in [0.717, 1.165) is 17.8 Å². The molecule has 16 heavy (non-hydrogen) atoms. The number of hydrogen-bond donors (Lipinski definition) is 0. The second-order valence-electron chi connectivity index (χ2n) is 2.59. The van der Waals surface area contributed by atoms with Gasteiger partial charge >= 0.3 is 0 Å². The largest absolute Gasteiger partial charge is 0.463 e. The van der Waals surface area contributed by atoms with Crippen LogP contribution in [-0.4, -0.2) is 25.7 Å². The summed E-state index contributed by atoms with van der Waals surface area (Å²) in [4.78, 5) is 0. The van der Waals surface area contributed by atoms with E-state index >= 15 is 0 Å². The Morgan fingerprint density at radius 3 is 2.81 bits per heavy atom. The van der Waals surface area contributed by atoms with E-state index < -0.39 is 9.84 Å². The molecule has 0 saturated heterocycles. The van der Waals surface area contributed by atoms with Crippen molar-refractivity contribution in [3.63, 3.8) is 0 Å². The molecule has 0 spiro atoms. The maximum atomic E-state index is 11.3. The number of aromatic nitrogens is 1. The van der Waals surface area contributed by atoms with Crippen LogP contribution in [0.3, 0.4) is 0 Å². The molecule has 0 aliphatic rings. The van der Waals surface area contributed by atoms with E-state index in [9.17, 15) is 8.42 Å². The van der Waals surface area contributed by atoms with Crippen LogP contribution < -0.4 is 4.74 Å². The zero-order valence-electron chi connectivity index (χ0n) is 8.02. The highest BCUT2D eigenvalue weighted by Gasteiger charge is 2.22. The van der Waals surface area contributed by atoms with Gasteiger partial charge in [0.25, 0.3) is 0 Å². The predicted octanol–water partition coefficient (Wildman–Crippen LogP) is 1.19. The summed E-state index contributed by atoms with van der Waals surface area (Å²) in [7, 11) is -3.44. The Bertz CT molecular complexity index is 589. The van der Waals surface area contributed by atoms with Crippen LogP contribution in [-0.2, 0) is 9.84 Å². The molecule has 84 valence electrons. The summed E-state index contributed by atoms with van der Waals surface area (Å²) in [5, 5.41) is 8.84. The molecule has 0 atom stereocenters. The van der Waals surface area contributed by atoms with Gasteiger partial charge in [0.1, 0.15) is 11.6 Å². The Labute approximate surface area is 111 Å². The van der Waals surface area contributed by atoms with Crippen LogP contribution in [0.15, 0.2) is 4.21 Å². The van der Waals surface area contributed by atoms with E-state index in [1.807, 2.05) is 22.6 Å². The maximum Gasteiger partial charge on any atom is 0.245 e. The molecule has 0 unspecified atom stereocenters. The quantitative estimate of drug-likeness (QED) is 0.592. The van der Waals surface area contributed by atoms with E-state index in [1.54, 1.807) is 6.07 Å². The predicted molar refractivity (Wildman–Crippen MR) is 67.2 cm³/mol. The number of nitriles is 1. The molecule has 0 N–H and O–H groups in total. The Hall–Kier alpha value is -0.840. The lowest BCUT2D eigenvalue weighted by atomic mass is 10.4. The van der Waals surface area contributed by atoms with Crippen molar-refractivity contribution in [2.75, 3.05) is 12.9 Å². The lowest BCUT2D eigenvalue weighted by Gasteiger charge is -1.96. The second kappa shape index (κ2) is 5.48. The van der Waals surface area contributed by atoms with Gasteiger partial charge in [0.05, 0.1) is 0 Å². The van der Waals surface area contributed by atoms with E-state index in [-0.39, 0.29) is 22.3 Å². The Kier molecular flexibility index (Phi) is 4.53. The lowest BCUT2D eigenvalue weighted by molar-refractivity contribution is 0.358. The van der Waals surface area contributed by atoms with Gasteiger partial charge in [0.2, 0.25) is 5.88 Å². The molecule has 0 bridgehead atoms. The van der Waals surface area contributed by atoms with Gasteiger partial charge in [-0.15, -0.1) is 0 Å². The molecule has 8 heteroatoms. The second-order valence-corrected chi connectivity index (χ2v) is 6.12. The third kappa shape index (κ3) is 3.07. The van der Waals surface area contributed by atoms with Crippen LogP contribution in [0.25, 0.3) is 0 Å². The van der Waals surface area contributed by atoms with Gasteiger partial charge in [0, 0.05) is 28.8 Å². The molecule has 0 aliphatic heterocycles. The minimum atomic E-state index is -3.44. The first-order valence-corrected chi connectivity index (χ1v) is 7.56. The summed E-state index contributed by atoms with van der Waals surface area (Å²) < 4.78 is 33.9. The normalized spacial score (nSPS) is 10.1. The summed E-state index contributed by atoms with van der Waals surface area (Å²) in [6, 6.07) is 1.77. The van der Waals surface area contributed by atoms with E-state index in [4.69, 9.17) is 10.00 Å². The highest BCUT2D eigenvalue weighted by molar-refractivity contribution is 14.1. The molecule has 0 aliphatic carbocycles. The molecular weight excluding hydrogens is 363 g/mol. The Balaban J connectivity index is 3.09. The molecule has 1 rings (SSSR count). The summed E-state index contributed by atoms with van der Waals surface area (Å²) in [6.45, 7) is 0.0740. The molecule has 0 radical (unpaired) electrons. The van der Waals surface area contributed by atoms with Gasteiger partial charge < -0.3 is 4.74 Å². The number of sulfone groups is 1. The van der Waals surface area contributed by atoms with Gasteiger partial charge in [-0.25, -0.2) is 8.42 Å². The minimum Gasteiger partial charge on any atom is -0.463 e. The number of nitrogens with zero attached hydrogens (tertiary/aromatic N) is 2. The van der Waals surface area contributed by atoms with Crippen molar-refractivity contribution in [2.24, 2.45) is 0 Å². The number of halogens is 1. The molecule has 1 aromatic rings. The Morgan fingerprint density at radius 2 is 2.31 bits per heavy atom. The first kappa shape index (κ1) is 13.2. The van der Waals surface area contributed by atoms with Crippen LogP contribution in [0.1, 0.15) is 5.56 Å². The molecule has 0 aromatic carbocycles. The summed E-state index contributed by atoms with van der Waals surface area (Å²) >= 11 is 2.58. The monoisotopic (exact) mass is 368 g/mol. The average Bonchev–Trinajstić information content (AvgIpc) is 2.60. The fourth-order valence-corrected chi connectivity index (χ4v) is 2.69. The van der Waals surface area contributed by atoms with E-state index in [2.05, 4.69) is 14.2 Å². The molecule has 0 saturated carbocycles. The highest BCUT2D eigenvalue weighted by Crippen LogP contribution is 2.28. The fourth-order valence-electron chi connectivity index (χ4n) is 0.838. The topological polar surface area (TPSA) is 80.1 Å². The smallest absolute Gasteiger partial charge is 0.245 e. The number of ether oxygens (including phenoxy) is 1. The maximum absolute atomic E-state index is 11.3. The Morgan fingerprint density at radius 1 is 1.62 bits per heavy atom. The average molecular weight is 368 g/mol. The van der Waals surface area contributed by atoms with Crippen molar-refractivity contribution < 1.29 is 13.2 Å². The van der Waals surface area contributed by atoms with Crippen LogP contribution in [0.5, 0.6) is 5.88 Å². The fraction of sp³-hybridized carbons (Fsp3) is 0.250. The van der Waals surface area contributed by atoms with Crippen molar-refractivity contribution in [1.82, 2.24) is 4.37 Å². The number of rotatable bonds is 3. The van der Waals surface area contributed by atoms with Crippen molar-refractivity contribution in [3.05, 3.63) is 5.56 Å². The van der Waals surface area contributed by atoms with Crippen LogP contribution >= 0.6 is 34.1 Å². The molecule has 1 heterocycles. The van der Waals surface area contributed by atoms with Crippen molar-refractivity contribution in [1.29, 1.82) is 5.26 Å². The zero-order chi connectivity index (χ0) is 12.2. The molecule has 0 amide bonds. The van der Waals surface area contributed by atoms with Crippen molar-refractivity contribution in [3.8, 4) is 21.8 Å². The zero-order valence-corrected chi connectivity index (χ0v) is 11.8. The summed E-state index contributed by atoms with van der Waals surface area (Å²) in [6.07, 6.45) is 1.02. The standard InChI is InChI=1S/C8H5IN2O3S2/c1-16(12,13)8-6(5-10)7(11-15-8)14-4-2-3-9/h4H2,1H3. The van der Waals surface area contributed by atoms with Crippen LogP contribution in [0.2, 0.25) is 0 Å².